The summed E-state index contributed by atoms with van der Waals surface area (Å²) < 4.78 is 0. The Hall–Kier alpha value is -2.86. The van der Waals surface area contributed by atoms with Gasteiger partial charge in [0, 0.05) is 6.54 Å². The van der Waals surface area contributed by atoms with Crippen LogP contribution in [0.15, 0.2) is 66.2 Å². The minimum absolute atomic E-state index is 0.00517. The van der Waals surface area contributed by atoms with E-state index in [2.05, 4.69) is 11.6 Å². The minimum Gasteiger partial charge on any atom is -0.545 e. The van der Waals surface area contributed by atoms with Crippen molar-refractivity contribution in [3.05, 3.63) is 77.9 Å². The number of carboxylic acid groups (broad SMARTS) is 1. The number of aliphatic imine (C=N–C) groups is 1. The van der Waals surface area contributed by atoms with E-state index in [4.69, 9.17) is 0 Å². The molecule has 27 heavy (non-hydrogen) atoms. The molecule has 0 aliphatic carbocycles. The molecule has 0 radical (unpaired) electrons. The highest BCUT2D eigenvalue weighted by Gasteiger charge is 2.37. The third-order valence-electron chi connectivity index (χ3n) is 4.20. The summed E-state index contributed by atoms with van der Waals surface area (Å²) in [6.07, 6.45) is 2.29. The molecule has 3 rings (SSSR count). The van der Waals surface area contributed by atoms with E-state index in [1.54, 1.807) is 23.1 Å². The standard InChI is InChI=1S/C21H20N2O3S/c1-3-12-23-19(24)18(13-15-6-4-14(2)5-7-15)27-21(23)22-17-10-8-16(9-11-17)20(25)26/h3-11,18H,1,12-13H2,2H3,(H,25,26)/p-1/t18-/m0/s1. The van der Waals surface area contributed by atoms with E-state index in [0.29, 0.717) is 23.8 Å². The first-order valence-electron chi connectivity index (χ1n) is 8.52. The fourth-order valence-electron chi connectivity index (χ4n) is 2.74. The highest BCUT2D eigenvalue weighted by atomic mass is 32.2. The number of amides is 1. The van der Waals surface area contributed by atoms with Crippen molar-refractivity contribution in [1.82, 2.24) is 4.90 Å². The van der Waals surface area contributed by atoms with Gasteiger partial charge in [0.15, 0.2) is 5.17 Å². The van der Waals surface area contributed by atoms with Crippen LogP contribution in [0.25, 0.3) is 0 Å². The Kier molecular flexibility index (Phi) is 5.76. The van der Waals surface area contributed by atoms with Crippen molar-refractivity contribution in [2.45, 2.75) is 18.6 Å². The van der Waals surface area contributed by atoms with Crippen molar-refractivity contribution in [3.63, 3.8) is 0 Å². The van der Waals surface area contributed by atoms with E-state index in [1.165, 1.54) is 29.5 Å². The molecule has 138 valence electrons. The highest BCUT2D eigenvalue weighted by molar-refractivity contribution is 8.15. The van der Waals surface area contributed by atoms with Gasteiger partial charge in [-0.15, -0.1) is 6.58 Å². The third-order valence-corrected chi connectivity index (χ3v) is 5.38. The first-order valence-corrected chi connectivity index (χ1v) is 9.40. The first kappa shape index (κ1) is 18.9. The number of aromatic carboxylic acids is 1. The Morgan fingerprint density at radius 3 is 2.48 bits per heavy atom. The number of amidine groups is 1. The molecule has 0 aromatic heterocycles. The zero-order valence-electron chi connectivity index (χ0n) is 14.9. The average molecular weight is 379 g/mol. The lowest BCUT2D eigenvalue weighted by Crippen LogP contribution is -2.32. The molecule has 0 saturated carbocycles. The summed E-state index contributed by atoms with van der Waals surface area (Å²) in [6, 6.07) is 14.2. The molecule has 5 nitrogen and oxygen atoms in total. The van der Waals surface area contributed by atoms with Crippen LogP contribution in [0.5, 0.6) is 0 Å². The van der Waals surface area contributed by atoms with E-state index >= 15 is 0 Å². The lowest BCUT2D eigenvalue weighted by molar-refractivity contribution is -0.255. The molecule has 0 bridgehead atoms. The Morgan fingerprint density at radius 2 is 1.89 bits per heavy atom. The van der Waals surface area contributed by atoms with Crippen LogP contribution < -0.4 is 5.11 Å². The summed E-state index contributed by atoms with van der Waals surface area (Å²) in [5.41, 5.74) is 2.96. The highest BCUT2D eigenvalue weighted by Crippen LogP contribution is 2.32. The van der Waals surface area contributed by atoms with Gasteiger partial charge >= 0.3 is 0 Å². The van der Waals surface area contributed by atoms with Gasteiger partial charge < -0.3 is 9.90 Å². The van der Waals surface area contributed by atoms with E-state index in [9.17, 15) is 14.7 Å². The summed E-state index contributed by atoms with van der Waals surface area (Å²) in [5.74, 6) is -1.23. The topological polar surface area (TPSA) is 72.8 Å². The maximum atomic E-state index is 12.8. The van der Waals surface area contributed by atoms with Crippen molar-refractivity contribution in [2.75, 3.05) is 6.54 Å². The number of aryl methyl sites for hydroxylation is 1. The van der Waals surface area contributed by atoms with Crippen LogP contribution in [-0.4, -0.2) is 33.7 Å². The van der Waals surface area contributed by atoms with Crippen molar-refractivity contribution in [1.29, 1.82) is 0 Å². The number of nitrogens with zero attached hydrogens (tertiary/aromatic N) is 2. The molecular weight excluding hydrogens is 360 g/mol. The molecular formula is C21H19N2O3S-. The van der Waals surface area contributed by atoms with Gasteiger partial charge in [-0.2, -0.15) is 0 Å². The van der Waals surface area contributed by atoms with Gasteiger partial charge in [0.2, 0.25) is 5.91 Å². The van der Waals surface area contributed by atoms with Crippen LogP contribution in [0.3, 0.4) is 0 Å². The Balaban J connectivity index is 1.82. The zero-order chi connectivity index (χ0) is 19.4. The molecule has 1 fully saturated rings. The third kappa shape index (κ3) is 4.46. The summed E-state index contributed by atoms with van der Waals surface area (Å²) in [4.78, 5) is 29.8. The largest absolute Gasteiger partial charge is 0.545 e. The number of hydrogen-bond donors (Lipinski definition) is 0. The van der Waals surface area contributed by atoms with Gasteiger partial charge in [0.25, 0.3) is 0 Å². The second-order valence-electron chi connectivity index (χ2n) is 6.26. The SMILES string of the molecule is C=CCN1C(=O)[C@H](Cc2ccc(C)cc2)SC1=Nc1ccc(C(=O)[O-])cc1. The molecule has 0 N–H and O–H groups in total. The average Bonchev–Trinajstić information content (AvgIpc) is 2.93. The van der Waals surface area contributed by atoms with Crippen molar-refractivity contribution >= 4 is 34.5 Å². The maximum Gasteiger partial charge on any atom is 0.242 e. The van der Waals surface area contributed by atoms with Gasteiger partial charge in [-0.3, -0.25) is 9.69 Å². The van der Waals surface area contributed by atoms with Crippen LogP contribution in [0.2, 0.25) is 0 Å². The fourth-order valence-corrected chi connectivity index (χ4v) is 3.95. The van der Waals surface area contributed by atoms with E-state index in [0.717, 1.165) is 5.56 Å². The molecule has 6 heteroatoms. The van der Waals surface area contributed by atoms with Crippen LogP contribution in [-0.2, 0) is 11.2 Å². The maximum absolute atomic E-state index is 12.8. The Labute approximate surface area is 162 Å². The molecule has 0 spiro atoms. The van der Waals surface area contributed by atoms with Crippen LogP contribution in [0.1, 0.15) is 21.5 Å². The monoisotopic (exact) mass is 379 g/mol. The summed E-state index contributed by atoms with van der Waals surface area (Å²) in [7, 11) is 0. The van der Waals surface area contributed by atoms with Gasteiger partial charge in [-0.1, -0.05) is 59.8 Å². The molecule has 1 heterocycles. The van der Waals surface area contributed by atoms with Crippen LogP contribution in [0, 0.1) is 6.92 Å². The van der Waals surface area contributed by atoms with E-state index < -0.39 is 5.97 Å². The number of carbonyl (C=O) groups is 2. The fraction of sp³-hybridized carbons (Fsp3) is 0.190. The molecule has 1 amide bonds. The molecule has 1 aliphatic rings. The molecule has 1 aliphatic heterocycles. The second-order valence-corrected chi connectivity index (χ2v) is 7.43. The molecule has 1 atom stereocenters. The number of benzene rings is 2. The first-order chi connectivity index (χ1) is 13.0. The lowest BCUT2D eigenvalue weighted by atomic mass is 10.1. The number of thioether (sulfide) groups is 1. The molecule has 1 saturated heterocycles. The predicted octanol–water partition coefficient (Wildman–Crippen LogP) is 2.72. The van der Waals surface area contributed by atoms with Crippen molar-refractivity contribution < 1.29 is 14.7 Å². The second kappa shape index (κ2) is 8.22. The lowest BCUT2D eigenvalue weighted by Gasteiger charge is -2.14. The predicted molar refractivity (Wildman–Crippen MR) is 106 cm³/mol. The van der Waals surface area contributed by atoms with Crippen LogP contribution in [0.4, 0.5) is 5.69 Å². The minimum atomic E-state index is -1.23. The summed E-state index contributed by atoms with van der Waals surface area (Å²) in [5, 5.41) is 11.2. The van der Waals surface area contributed by atoms with E-state index in [1.807, 2.05) is 31.2 Å². The smallest absolute Gasteiger partial charge is 0.242 e. The van der Waals surface area contributed by atoms with Gasteiger partial charge in [-0.05, 0) is 36.6 Å². The number of carbonyl (C=O) groups excluding carboxylic acids is 2. The summed E-state index contributed by atoms with van der Waals surface area (Å²) >= 11 is 1.42. The quantitative estimate of drug-likeness (QED) is 0.724. The zero-order valence-corrected chi connectivity index (χ0v) is 15.7. The number of carboxylic acids is 1. The number of hydrogen-bond acceptors (Lipinski definition) is 5. The molecule has 0 unspecified atom stereocenters. The van der Waals surface area contributed by atoms with Gasteiger partial charge in [0.05, 0.1) is 16.9 Å². The Morgan fingerprint density at radius 1 is 1.22 bits per heavy atom. The van der Waals surface area contributed by atoms with Crippen LogP contribution >= 0.6 is 11.8 Å². The summed E-state index contributed by atoms with van der Waals surface area (Å²) in [6.45, 7) is 6.13. The Bertz CT molecular complexity index is 889. The van der Waals surface area contributed by atoms with Crippen molar-refractivity contribution in [2.24, 2.45) is 4.99 Å². The molecule has 2 aromatic carbocycles. The van der Waals surface area contributed by atoms with Crippen molar-refractivity contribution in [3.8, 4) is 0 Å². The normalized spacial score (nSPS) is 18.1. The van der Waals surface area contributed by atoms with E-state index in [-0.39, 0.29) is 16.7 Å². The number of rotatable bonds is 6. The van der Waals surface area contributed by atoms with Gasteiger partial charge in [0.1, 0.15) is 0 Å². The van der Waals surface area contributed by atoms with Gasteiger partial charge in [-0.25, -0.2) is 4.99 Å². The molecule has 2 aromatic rings.